The van der Waals surface area contributed by atoms with Crippen molar-refractivity contribution in [3.05, 3.63) is 23.3 Å². The summed E-state index contributed by atoms with van der Waals surface area (Å²) in [6.07, 6.45) is 8.81. The number of carbonyl (C=O) groups is 2. The van der Waals surface area contributed by atoms with Crippen molar-refractivity contribution < 1.29 is 19.8 Å². The van der Waals surface area contributed by atoms with E-state index in [0.29, 0.717) is 18.3 Å². The Morgan fingerprint density at radius 3 is 2.54 bits per heavy atom. The standard InChI is InChI=1S/C20H30O4/c1-13-6-5-7-16-19(13,3)10-8-14(2)20(16,4)11-9-15(18(23)24)12-17(21)22/h6,12,14,16H,5,7-11H2,1-4H3,(H,21,22)(H,23,24)/b15-12+/t14-,16+,19+,20+/m1/s1. The van der Waals surface area contributed by atoms with Gasteiger partial charge in [-0.25, -0.2) is 9.59 Å². The van der Waals surface area contributed by atoms with Crippen molar-refractivity contribution in [1.29, 1.82) is 0 Å². The SMILES string of the molecule is CC1=CCC[C@@H]2[C@@](C)(CC/C(=C\C(=O)O)C(=O)O)[C@H](C)CC[C@@]12C. The predicted molar refractivity (Wildman–Crippen MR) is 93.7 cm³/mol. The molecular weight excluding hydrogens is 304 g/mol. The topological polar surface area (TPSA) is 74.6 Å². The summed E-state index contributed by atoms with van der Waals surface area (Å²) in [6.45, 7) is 9.15. The Balaban J connectivity index is 2.27. The Morgan fingerprint density at radius 1 is 1.29 bits per heavy atom. The lowest BCUT2D eigenvalue weighted by Crippen LogP contribution is -2.49. The van der Waals surface area contributed by atoms with Crippen molar-refractivity contribution in [2.24, 2.45) is 22.7 Å². The van der Waals surface area contributed by atoms with Gasteiger partial charge in [0, 0.05) is 11.6 Å². The van der Waals surface area contributed by atoms with Crippen LogP contribution in [0.4, 0.5) is 0 Å². The highest BCUT2D eigenvalue weighted by atomic mass is 16.4. The Morgan fingerprint density at radius 2 is 1.96 bits per heavy atom. The summed E-state index contributed by atoms with van der Waals surface area (Å²) in [5.41, 5.74) is 1.71. The molecule has 2 rings (SSSR count). The monoisotopic (exact) mass is 334 g/mol. The smallest absolute Gasteiger partial charge is 0.331 e. The second-order valence-corrected chi connectivity index (χ2v) is 8.19. The lowest BCUT2D eigenvalue weighted by Gasteiger charge is -2.58. The number of allylic oxidation sites excluding steroid dienone is 2. The van der Waals surface area contributed by atoms with E-state index in [0.717, 1.165) is 31.8 Å². The first kappa shape index (κ1) is 18.8. The minimum Gasteiger partial charge on any atom is -0.478 e. The largest absolute Gasteiger partial charge is 0.478 e. The molecule has 0 saturated heterocycles. The van der Waals surface area contributed by atoms with Gasteiger partial charge >= 0.3 is 11.9 Å². The van der Waals surface area contributed by atoms with Crippen LogP contribution in [0.5, 0.6) is 0 Å². The number of carboxylic acid groups (broad SMARTS) is 2. The van der Waals surface area contributed by atoms with Crippen molar-refractivity contribution >= 4 is 11.9 Å². The maximum Gasteiger partial charge on any atom is 0.331 e. The molecule has 0 heterocycles. The fraction of sp³-hybridized carbons (Fsp3) is 0.700. The molecule has 0 aliphatic heterocycles. The van der Waals surface area contributed by atoms with E-state index in [4.69, 9.17) is 5.11 Å². The van der Waals surface area contributed by atoms with E-state index in [-0.39, 0.29) is 16.4 Å². The van der Waals surface area contributed by atoms with Crippen LogP contribution in [-0.4, -0.2) is 22.2 Å². The molecule has 2 aliphatic carbocycles. The number of hydrogen-bond donors (Lipinski definition) is 2. The molecule has 0 aromatic rings. The average molecular weight is 334 g/mol. The number of carboxylic acids is 2. The van der Waals surface area contributed by atoms with Gasteiger partial charge in [-0.3, -0.25) is 0 Å². The molecule has 0 aromatic heterocycles. The highest BCUT2D eigenvalue weighted by Gasteiger charge is 2.52. The zero-order chi connectivity index (χ0) is 18.1. The molecule has 4 atom stereocenters. The van der Waals surface area contributed by atoms with Crippen molar-refractivity contribution in [1.82, 2.24) is 0 Å². The van der Waals surface area contributed by atoms with Gasteiger partial charge in [0.15, 0.2) is 0 Å². The molecule has 1 saturated carbocycles. The maximum atomic E-state index is 11.4. The summed E-state index contributed by atoms with van der Waals surface area (Å²) in [6, 6.07) is 0. The van der Waals surface area contributed by atoms with Gasteiger partial charge in [0.05, 0.1) is 0 Å². The van der Waals surface area contributed by atoms with Crippen molar-refractivity contribution in [2.45, 2.75) is 66.2 Å². The summed E-state index contributed by atoms with van der Waals surface area (Å²) in [5.74, 6) is -1.26. The highest BCUT2D eigenvalue weighted by molar-refractivity contribution is 5.94. The van der Waals surface area contributed by atoms with Crippen LogP contribution < -0.4 is 0 Å². The Hall–Kier alpha value is -1.58. The molecule has 0 spiro atoms. The summed E-state index contributed by atoms with van der Waals surface area (Å²) >= 11 is 0. The molecular formula is C20H30O4. The summed E-state index contributed by atoms with van der Waals surface area (Å²) in [7, 11) is 0. The zero-order valence-corrected chi connectivity index (χ0v) is 15.3. The number of aliphatic carboxylic acids is 2. The second-order valence-electron chi connectivity index (χ2n) is 8.19. The molecule has 0 radical (unpaired) electrons. The van der Waals surface area contributed by atoms with E-state index in [9.17, 15) is 14.7 Å². The first-order valence-corrected chi connectivity index (χ1v) is 8.95. The molecule has 1 fully saturated rings. The molecule has 4 nitrogen and oxygen atoms in total. The van der Waals surface area contributed by atoms with Crippen LogP contribution in [0, 0.1) is 22.7 Å². The fourth-order valence-electron chi connectivity index (χ4n) is 5.13. The molecule has 0 unspecified atom stereocenters. The van der Waals surface area contributed by atoms with E-state index < -0.39 is 11.9 Å². The van der Waals surface area contributed by atoms with E-state index >= 15 is 0 Å². The second kappa shape index (κ2) is 6.73. The van der Waals surface area contributed by atoms with Gasteiger partial charge in [-0.2, -0.15) is 0 Å². The Kier molecular flexibility index (Phi) is 5.26. The molecule has 134 valence electrons. The molecule has 0 bridgehead atoms. The molecule has 24 heavy (non-hydrogen) atoms. The van der Waals surface area contributed by atoms with E-state index in [2.05, 4.69) is 33.8 Å². The maximum absolute atomic E-state index is 11.4. The van der Waals surface area contributed by atoms with Crippen molar-refractivity contribution in [2.75, 3.05) is 0 Å². The first-order chi connectivity index (χ1) is 11.1. The lowest BCUT2D eigenvalue weighted by molar-refractivity contribution is -0.135. The third-order valence-corrected chi connectivity index (χ3v) is 7.10. The quantitative estimate of drug-likeness (QED) is 0.566. The number of rotatable bonds is 5. The Labute approximate surface area is 144 Å². The molecule has 0 amide bonds. The molecule has 0 aromatic carbocycles. The van der Waals surface area contributed by atoms with Crippen LogP contribution in [0.3, 0.4) is 0 Å². The number of fused-ring (bicyclic) bond motifs is 1. The Bertz CT molecular complexity index is 588. The van der Waals surface area contributed by atoms with Gasteiger partial charge in [-0.15, -0.1) is 0 Å². The van der Waals surface area contributed by atoms with Gasteiger partial charge in [0.25, 0.3) is 0 Å². The minimum absolute atomic E-state index is 0.00581. The number of hydrogen-bond acceptors (Lipinski definition) is 2. The lowest BCUT2D eigenvalue weighted by atomic mass is 9.47. The summed E-state index contributed by atoms with van der Waals surface area (Å²) < 4.78 is 0. The highest BCUT2D eigenvalue weighted by Crippen LogP contribution is 2.61. The van der Waals surface area contributed by atoms with Crippen molar-refractivity contribution in [3.8, 4) is 0 Å². The molecule has 2 aliphatic rings. The van der Waals surface area contributed by atoms with E-state index in [1.807, 2.05) is 0 Å². The van der Waals surface area contributed by atoms with Crippen LogP contribution in [0.15, 0.2) is 23.3 Å². The van der Waals surface area contributed by atoms with Gasteiger partial charge < -0.3 is 10.2 Å². The molecule has 4 heteroatoms. The van der Waals surface area contributed by atoms with Gasteiger partial charge in [0.1, 0.15) is 0 Å². The zero-order valence-electron chi connectivity index (χ0n) is 15.3. The summed E-state index contributed by atoms with van der Waals surface area (Å²) in [4.78, 5) is 22.2. The third-order valence-electron chi connectivity index (χ3n) is 7.10. The average Bonchev–Trinajstić information content (AvgIpc) is 2.50. The van der Waals surface area contributed by atoms with Gasteiger partial charge in [0.2, 0.25) is 0 Å². The third kappa shape index (κ3) is 3.28. The first-order valence-electron chi connectivity index (χ1n) is 8.95. The van der Waals surface area contributed by atoms with E-state index in [1.165, 1.54) is 12.0 Å². The summed E-state index contributed by atoms with van der Waals surface area (Å²) in [5, 5.41) is 18.2. The van der Waals surface area contributed by atoms with Crippen LogP contribution in [-0.2, 0) is 9.59 Å². The van der Waals surface area contributed by atoms with E-state index in [1.54, 1.807) is 0 Å². The van der Waals surface area contributed by atoms with Crippen LogP contribution in [0.25, 0.3) is 0 Å². The van der Waals surface area contributed by atoms with Crippen LogP contribution >= 0.6 is 0 Å². The van der Waals surface area contributed by atoms with Crippen LogP contribution in [0.2, 0.25) is 0 Å². The normalized spacial score (nSPS) is 36.7. The minimum atomic E-state index is -1.18. The molecule has 2 N–H and O–H groups in total. The fourth-order valence-corrected chi connectivity index (χ4v) is 5.13. The van der Waals surface area contributed by atoms with Gasteiger partial charge in [-0.05, 0) is 68.1 Å². The van der Waals surface area contributed by atoms with Crippen LogP contribution in [0.1, 0.15) is 66.2 Å². The van der Waals surface area contributed by atoms with Gasteiger partial charge in [-0.1, -0.05) is 32.4 Å². The predicted octanol–water partition coefficient (Wildman–Crippen LogP) is 4.66. The van der Waals surface area contributed by atoms with Crippen molar-refractivity contribution in [3.63, 3.8) is 0 Å².